The fourth-order valence-electron chi connectivity index (χ4n) is 6.21. The Hall–Kier alpha value is -5.02. The van der Waals surface area contributed by atoms with Gasteiger partial charge >= 0.3 is 0 Å². The summed E-state index contributed by atoms with van der Waals surface area (Å²) in [5.41, 5.74) is 10.7. The number of pyridine rings is 1. The fourth-order valence-corrected chi connectivity index (χ4v) is 6.21. The molecule has 5 aromatic rings. The summed E-state index contributed by atoms with van der Waals surface area (Å²) >= 11 is 0. The van der Waals surface area contributed by atoms with Gasteiger partial charge in [0.25, 0.3) is 11.8 Å². The van der Waals surface area contributed by atoms with Crippen molar-refractivity contribution < 1.29 is 27.9 Å². The molecule has 9 heteroatoms. The molecule has 3 heterocycles. The van der Waals surface area contributed by atoms with E-state index in [0.29, 0.717) is 47.9 Å². The van der Waals surface area contributed by atoms with E-state index in [1.165, 1.54) is 12.1 Å². The average Bonchev–Trinajstić information content (AvgIpc) is 3.46. The molecule has 1 unspecified atom stereocenters. The fraction of sp³-hybridized carbons (Fsp3) is 0.270. The van der Waals surface area contributed by atoms with Crippen molar-refractivity contribution in [3.63, 3.8) is 0 Å². The molecule has 1 aliphatic carbocycles. The van der Waals surface area contributed by atoms with E-state index < -0.39 is 11.4 Å². The highest BCUT2D eigenvalue weighted by atomic mass is 19.1. The summed E-state index contributed by atoms with van der Waals surface area (Å²) in [6.45, 7) is 3.76. The molecule has 1 aliphatic heterocycles. The zero-order valence-corrected chi connectivity index (χ0v) is 25.5. The number of amides is 2. The van der Waals surface area contributed by atoms with E-state index >= 15 is 0 Å². The summed E-state index contributed by atoms with van der Waals surface area (Å²) in [5.74, 6) is -0.0265. The summed E-state index contributed by atoms with van der Waals surface area (Å²) in [5, 5.41) is 3.81. The second-order valence-electron chi connectivity index (χ2n) is 12.2. The summed E-state index contributed by atoms with van der Waals surface area (Å²) in [6.07, 6.45) is 4.54. The molecular weight excluding hydrogens is 585 g/mol. The number of nitrogens with one attached hydrogen (secondary N) is 1. The number of ether oxygens (including phenoxy) is 2. The minimum absolute atomic E-state index is 0.245. The van der Waals surface area contributed by atoms with E-state index in [1.54, 1.807) is 24.4 Å². The predicted octanol–water partition coefficient (Wildman–Crippen LogP) is 6.47. The van der Waals surface area contributed by atoms with Gasteiger partial charge in [0.15, 0.2) is 0 Å². The number of nitrogens with two attached hydrogens (primary N) is 1. The first-order valence-electron chi connectivity index (χ1n) is 15.5. The molecule has 2 aromatic heterocycles. The maximum absolute atomic E-state index is 14.0. The van der Waals surface area contributed by atoms with E-state index in [-0.39, 0.29) is 29.6 Å². The number of aromatic nitrogens is 1. The topological polar surface area (TPSA) is 117 Å². The second-order valence-corrected chi connectivity index (χ2v) is 12.2. The number of benzene rings is 3. The summed E-state index contributed by atoms with van der Waals surface area (Å²) in [6, 6.07) is 21.1. The number of fused-ring (bicyclic) bond motifs is 1. The third-order valence-electron chi connectivity index (χ3n) is 8.92. The molecular formula is C37H34FN3O5. The van der Waals surface area contributed by atoms with Gasteiger partial charge in [0.2, 0.25) is 0 Å². The number of furan rings is 1. The molecule has 8 nitrogen and oxygen atoms in total. The number of hydrogen-bond acceptors (Lipinski definition) is 6. The Bertz CT molecular complexity index is 1930. The van der Waals surface area contributed by atoms with Gasteiger partial charge in [0, 0.05) is 30.5 Å². The molecule has 0 radical (unpaired) electrons. The Morgan fingerprint density at radius 1 is 1.09 bits per heavy atom. The third-order valence-corrected chi connectivity index (χ3v) is 8.92. The van der Waals surface area contributed by atoms with Gasteiger partial charge in [-0.15, -0.1) is 0 Å². The lowest BCUT2D eigenvalue weighted by atomic mass is 9.95. The monoisotopic (exact) mass is 619 g/mol. The van der Waals surface area contributed by atoms with E-state index in [2.05, 4.69) is 10.3 Å². The molecule has 0 bridgehead atoms. The number of primary amides is 1. The predicted molar refractivity (Wildman–Crippen MR) is 171 cm³/mol. The number of rotatable bonds is 10. The molecule has 234 valence electrons. The normalized spacial score (nSPS) is 16.8. The van der Waals surface area contributed by atoms with Crippen LogP contribution in [0.3, 0.4) is 0 Å². The molecule has 2 amide bonds. The van der Waals surface area contributed by atoms with E-state index in [4.69, 9.17) is 19.6 Å². The van der Waals surface area contributed by atoms with Gasteiger partial charge in [-0.2, -0.15) is 0 Å². The molecule has 46 heavy (non-hydrogen) atoms. The molecule has 1 saturated heterocycles. The van der Waals surface area contributed by atoms with Crippen molar-refractivity contribution >= 4 is 22.8 Å². The van der Waals surface area contributed by atoms with Crippen molar-refractivity contribution in [3.8, 4) is 16.9 Å². The Morgan fingerprint density at radius 2 is 1.91 bits per heavy atom. The molecule has 7 rings (SSSR count). The van der Waals surface area contributed by atoms with Crippen LogP contribution < -0.4 is 15.8 Å². The summed E-state index contributed by atoms with van der Waals surface area (Å²) < 4.78 is 31.4. The quantitative estimate of drug-likeness (QED) is 0.185. The highest BCUT2D eigenvalue weighted by Gasteiger charge is 2.47. The number of halogens is 1. The number of carbonyl (C=O) groups excluding carboxylic acids is 2. The number of nitrogens with zero attached hydrogens (tertiary/aromatic N) is 1. The van der Waals surface area contributed by atoms with Crippen molar-refractivity contribution in [3.05, 3.63) is 119 Å². The van der Waals surface area contributed by atoms with E-state index in [9.17, 15) is 14.0 Å². The first-order valence-corrected chi connectivity index (χ1v) is 15.5. The highest BCUT2D eigenvalue weighted by Crippen LogP contribution is 2.45. The van der Waals surface area contributed by atoms with Crippen LogP contribution in [0.4, 0.5) is 4.39 Å². The molecule has 1 saturated carbocycles. The van der Waals surface area contributed by atoms with Gasteiger partial charge in [-0.05, 0) is 97.0 Å². The summed E-state index contributed by atoms with van der Waals surface area (Å²) in [7, 11) is 0. The van der Waals surface area contributed by atoms with Crippen molar-refractivity contribution in [2.75, 3.05) is 19.8 Å². The van der Waals surface area contributed by atoms with Crippen molar-refractivity contribution in [1.82, 2.24) is 10.3 Å². The number of carbonyl (C=O) groups is 2. The molecule has 3 N–H and O–H groups in total. The minimum atomic E-state index is -0.617. The van der Waals surface area contributed by atoms with Crippen LogP contribution in [0.1, 0.15) is 62.6 Å². The van der Waals surface area contributed by atoms with Gasteiger partial charge in [-0.3, -0.25) is 14.6 Å². The maximum atomic E-state index is 14.0. The van der Waals surface area contributed by atoms with Crippen LogP contribution in [0.2, 0.25) is 0 Å². The number of aryl methyl sites for hydroxylation is 1. The summed E-state index contributed by atoms with van der Waals surface area (Å²) in [4.78, 5) is 31.2. The lowest BCUT2D eigenvalue weighted by Gasteiger charge is -2.20. The van der Waals surface area contributed by atoms with Crippen molar-refractivity contribution in [2.24, 2.45) is 11.7 Å². The molecule has 0 spiro atoms. The Labute approximate surface area is 265 Å². The SMILES string of the molecule is Cc1cc(OCC2CCOC2)c(C(=O)NC2(c3ccccn3)CC2)cc1-c1ccc2oc(Cc3ccc(F)cc3)c(C(N)=O)c2c1. The minimum Gasteiger partial charge on any atom is -0.492 e. The first kappa shape index (κ1) is 29.7. The van der Waals surface area contributed by atoms with Gasteiger partial charge < -0.3 is 24.9 Å². The van der Waals surface area contributed by atoms with Crippen LogP contribution in [0, 0.1) is 18.7 Å². The molecule has 3 aromatic carbocycles. The molecule has 1 atom stereocenters. The smallest absolute Gasteiger partial charge is 0.255 e. The zero-order valence-electron chi connectivity index (χ0n) is 25.5. The van der Waals surface area contributed by atoms with Gasteiger partial charge in [-0.1, -0.05) is 24.3 Å². The van der Waals surface area contributed by atoms with Crippen LogP contribution in [0.5, 0.6) is 5.75 Å². The van der Waals surface area contributed by atoms with Crippen LogP contribution in [-0.4, -0.2) is 36.6 Å². The average molecular weight is 620 g/mol. The van der Waals surface area contributed by atoms with E-state index in [1.807, 2.05) is 49.4 Å². The first-order chi connectivity index (χ1) is 22.3. The standard InChI is InChI=1S/C37H34FN3O5/c1-22-16-31(45-21-24-11-15-44-20-24)29(36(43)41-37(12-13-37)33-4-2-3-14-40-33)19-27(22)25-7-10-30-28(18-25)34(35(39)42)32(46-30)17-23-5-8-26(38)9-6-23/h2-10,14,16,18-19,24H,11-13,15,17,20-21H2,1H3,(H2,39,42)(H,41,43). The van der Waals surface area contributed by atoms with Crippen LogP contribution >= 0.6 is 0 Å². The Kier molecular flexibility index (Phi) is 7.78. The number of hydrogen-bond donors (Lipinski definition) is 2. The van der Waals surface area contributed by atoms with Gasteiger partial charge in [-0.25, -0.2) is 4.39 Å². The van der Waals surface area contributed by atoms with E-state index in [0.717, 1.165) is 47.2 Å². The lowest BCUT2D eigenvalue weighted by Crippen LogP contribution is -2.35. The van der Waals surface area contributed by atoms with Gasteiger partial charge in [0.05, 0.1) is 35.6 Å². The Balaban J connectivity index is 1.26. The van der Waals surface area contributed by atoms with Crippen molar-refractivity contribution in [1.29, 1.82) is 0 Å². The highest BCUT2D eigenvalue weighted by molar-refractivity contribution is 6.08. The largest absolute Gasteiger partial charge is 0.492 e. The van der Waals surface area contributed by atoms with Crippen LogP contribution in [0.25, 0.3) is 22.1 Å². The van der Waals surface area contributed by atoms with Crippen molar-refractivity contribution in [2.45, 2.75) is 38.1 Å². The van der Waals surface area contributed by atoms with Crippen LogP contribution in [0.15, 0.2) is 83.4 Å². The van der Waals surface area contributed by atoms with Gasteiger partial charge in [0.1, 0.15) is 22.9 Å². The zero-order chi connectivity index (χ0) is 31.8. The second kappa shape index (κ2) is 12.1. The lowest BCUT2D eigenvalue weighted by molar-refractivity contribution is 0.0923. The van der Waals surface area contributed by atoms with Crippen LogP contribution in [-0.2, 0) is 16.7 Å². The molecule has 2 aliphatic rings. The third kappa shape index (κ3) is 5.86. The Morgan fingerprint density at radius 3 is 2.61 bits per heavy atom. The molecule has 2 fully saturated rings. The maximum Gasteiger partial charge on any atom is 0.255 e.